The minimum atomic E-state index is 0.148. The molecular formula is C11H19N3. The van der Waals surface area contributed by atoms with Crippen LogP contribution < -0.4 is 5.32 Å². The van der Waals surface area contributed by atoms with Crippen LogP contribution in [0.2, 0.25) is 0 Å². The van der Waals surface area contributed by atoms with Crippen molar-refractivity contribution in [3.05, 3.63) is 11.8 Å². The number of anilines is 1. The van der Waals surface area contributed by atoms with Gasteiger partial charge in [-0.25, -0.2) is 4.68 Å². The molecule has 1 aliphatic heterocycles. The van der Waals surface area contributed by atoms with E-state index < -0.39 is 0 Å². The Bertz CT molecular complexity index is 333. The highest BCUT2D eigenvalue weighted by atomic mass is 15.3. The van der Waals surface area contributed by atoms with E-state index >= 15 is 0 Å². The van der Waals surface area contributed by atoms with E-state index in [9.17, 15) is 0 Å². The van der Waals surface area contributed by atoms with Crippen LogP contribution in [0.25, 0.3) is 0 Å². The molecule has 1 atom stereocenters. The van der Waals surface area contributed by atoms with Crippen LogP contribution in [0.5, 0.6) is 0 Å². The summed E-state index contributed by atoms with van der Waals surface area (Å²) >= 11 is 0. The van der Waals surface area contributed by atoms with E-state index in [0.29, 0.717) is 5.92 Å². The molecule has 0 amide bonds. The van der Waals surface area contributed by atoms with Crippen molar-refractivity contribution >= 4 is 5.82 Å². The van der Waals surface area contributed by atoms with Crippen molar-refractivity contribution in [2.24, 2.45) is 5.92 Å². The Labute approximate surface area is 85.5 Å². The molecule has 3 heteroatoms. The van der Waals surface area contributed by atoms with Crippen LogP contribution in [-0.2, 0) is 12.0 Å². The summed E-state index contributed by atoms with van der Waals surface area (Å²) < 4.78 is 2.09. The summed E-state index contributed by atoms with van der Waals surface area (Å²) in [5.41, 5.74) is 1.32. The maximum absolute atomic E-state index is 4.63. The Kier molecular flexibility index (Phi) is 2.05. The van der Waals surface area contributed by atoms with Crippen molar-refractivity contribution in [2.45, 2.75) is 39.7 Å². The highest BCUT2D eigenvalue weighted by Crippen LogP contribution is 2.26. The molecule has 0 aromatic carbocycles. The maximum Gasteiger partial charge on any atom is 0.124 e. The van der Waals surface area contributed by atoms with Crippen LogP contribution in [0.4, 0.5) is 5.82 Å². The lowest BCUT2D eigenvalue weighted by Gasteiger charge is -2.21. The van der Waals surface area contributed by atoms with Crippen molar-refractivity contribution in [3.63, 3.8) is 0 Å². The maximum atomic E-state index is 4.63. The molecule has 1 aliphatic rings. The molecule has 2 rings (SSSR count). The molecule has 14 heavy (non-hydrogen) atoms. The van der Waals surface area contributed by atoms with Crippen molar-refractivity contribution in [3.8, 4) is 0 Å². The van der Waals surface area contributed by atoms with Gasteiger partial charge in [0.05, 0.1) is 5.69 Å². The summed E-state index contributed by atoms with van der Waals surface area (Å²) in [5.74, 6) is 1.85. The molecule has 0 fully saturated rings. The molecule has 2 heterocycles. The van der Waals surface area contributed by atoms with Gasteiger partial charge in [0.2, 0.25) is 0 Å². The molecule has 0 spiro atoms. The minimum Gasteiger partial charge on any atom is -0.370 e. The summed E-state index contributed by atoms with van der Waals surface area (Å²) in [4.78, 5) is 0. The Morgan fingerprint density at radius 2 is 2.21 bits per heavy atom. The number of nitrogens with one attached hydrogen (secondary N) is 1. The first-order chi connectivity index (χ1) is 6.47. The quantitative estimate of drug-likeness (QED) is 0.685. The van der Waals surface area contributed by atoms with Crippen molar-refractivity contribution in [1.82, 2.24) is 9.78 Å². The second kappa shape index (κ2) is 3.01. The zero-order valence-electron chi connectivity index (χ0n) is 9.46. The van der Waals surface area contributed by atoms with Crippen LogP contribution in [0.3, 0.4) is 0 Å². The fourth-order valence-corrected chi connectivity index (χ4v) is 1.70. The lowest BCUT2D eigenvalue weighted by Crippen LogP contribution is -2.25. The Balaban J connectivity index is 2.32. The van der Waals surface area contributed by atoms with E-state index in [0.717, 1.165) is 13.1 Å². The van der Waals surface area contributed by atoms with Gasteiger partial charge in [-0.3, -0.25) is 0 Å². The van der Waals surface area contributed by atoms with Gasteiger partial charge >= 0.3 is 0 Å². The van der Waals surface area contributed by atoms with E-state index in [-0.39, 0.29) is 5.41 Å². The minimum absolute atomic E-state index is 0.148. The Hall–Kier alpha value is -0.990. The summed E-state index contributed by atoms with van der Waals surface area (Å²) in [6.45, 7) is 10.9. The predicted octanol–water partition coefficient (Wildman–Crippen LogP) is 2.24. The fraction of sp³-hybridized carbons (Fsp3) is 0.727. The molecule has 0 saturated heterocycles. The first-order valence-electron chi connectivity index (χ1n) is 5.29. The zero-order chi connectivity index (χ0) is 10.3. The van der Waals surface area contributed by atoms with Crippen molar-refractivity contribution in [2.75, 3.05) is 11.9 Å². The van der Waals surface area contributed by atoms with Gasteiger partial charge in [0.1, 0.15) is 5.82 Å². The van der Waals surface area contributed by atoms with Gasteiger partial charge in [-0.05, 0) is 5.92 Å². The summed E-state index contributed by atoms with van der Waals surface area (Å²) in [5, 5.41) is 8.03. The van der Waals surface area contributed by atoms with Gasteiger partial charge < -0.3 is 5.32 Å². The molecule has 0 bridgehead atoms. The van der Waals surface area contributed by atoms with Crippen LogP contribution in [0.1, 0.15) is 33.4 Å². The van der Waals surface area contributed by atoms with E-state index in [2.05, 4.69) is 48.9 Å². The highest BCUT2D eigenvalue weighted by molar-refractivity contribution is 5.40. The Morgan fingerprint density at radius 1 is 1.50 bits per heavy atom. The third-order valence-corrected chi connectivity index (χ3v) is 2.66. The lowest BCUT2D eigenvalue weighted by molar-refractivity contribution is 0.434. The second-order valence-corrected chi connectivity index (χ2v) is 5.33. The standard InChI is InChI=1S/C11H19N3/c1-8-6-12-10-5-9(11(2,3)4)13-14(10)7-8/h5,8,12H,6-7H2,1-4H3. The van der Waals surface area contributed by atoms with Crippen molar-refractivity contribution in [1.29, 1.82) is 0 Å². The topological polar surface area (TPSA) is 29.9 Å². The van der Waals surface area contributed by atoms with Gasteiger partial charge in [-0.2, -0.15) is 5.10 Å². The molecular weight excluding hydrogens is 174 g/mol. The molecule has 1 N–H and O–H groups in total. The number of hydrogen-bond donors (Lipinski definition) is 1. The monoisotopic (exact) mass is 193 g/mol. The van der Waals surface area contributed by atoms with Gasteiger partial charge in [-0.15, -0.1) is 0 Å². The number of aromatic nitrogens is 2. The average molecular weight is 193 g/mol. The number of rotatable bonds is 0. The SMILES string of the molecule is CC1CNc2cc(C(C)(C)C)nn2C1. The van der Waals surface area contributed by atoms with E-state index in [1.54, 1.807) is 0 Å². The highest BCUT2D eigenvalue weighted by Gasteiger charge is 2.22. The second-order valence-electron chi connectivity index (χ2n) is 5.33. The van der Waals surface area contributed by atoms with E-state index in [4.69, 9.17) is 0 Å². The molecule has 0 radical (unpaired) electrons. The molecule has 3 nitrogen and oxygen atoms in total. The van der Waals surface area contributed by atoms with Gasteiger partial charge in [0, 0.05) is 24.6 Å². The van der Waals surface area contributed by atoms with Crippen LogP contribution >= 0.6 is 0 Å². The lowest BCUT2D eigenvalue weighted by atomic mass is 9.92. The largest absolute Gasteiger partial charge is 0.370 e. The molecule has 1 unspecified atom stereocenters. The van der Waals surface area contributed by atoms with Gasteiger partial charge in [0.25, 0.3) is 0 Å². The first-order valence-corrected chi connectivity index (χ1v) is 5.29. The first kappa shape index (κ1) is 9.56. The van der Waals surface area contributed by atoms with Crippen LogP contribution in [0.15, 0.2) is 6.07 Å². The number of nitrogens with zero attached hydrogens (tertiary/aromatic N) is 2. The molecule has 78 valence electrons. The summed E-state index contributed by atoms with van der Waals surface area (Å²) in [6, 6.07) is 2.17. The fourth-order valence-electron chi connectivity index (χ4n) is 1.70. The smallest absolute Gasteiger partial charge is 0.124 e. The molecule has 0 saturated carbocycles. The third-order valence-electron chi connectivity index (χ3n) is 2.66. The van der Waals surface area contributed by atoms with E-state index in [1.807, 2.05) is 0 Å². The van der Waals surface area contributed by atoms with Gasteiger partial charge in [-0.1, -0.05) is 27.7 Å². The predicted molar refractivity (Wildman–Crippen MR) is 58.6 cm³/mol. The van der Waals surface area contributed by atoms with Gasteiger partial charge in [0.15, 0.2) is 0 Å². The summed E-state index contributed by atoms with van der Waals surface area (Å²) in [6.07, 6.45) is 0. The Morgan fingerprint density at radius 3 is 2.86 bits per heavy atom. The zero-order valence-corrected chi connectivity index (χ0v) is 9.46. The van der Waals surface area contributed by atoms with Crippen LogP contribution in [-0.4, -0.2) is 16.3 Å². The summed E-state index contributed by atoms with van der Waals surface area (Å²) in [7, 11) is 0. The normalized spacial score (nSPS) is 21.6. The molecule has 0 aliphatic carbocycles. The average Bonchev–Trinajstić information content (AvgIpc) is 2.45. The number of hydrogen-bond acceptors (Lipinski definition) is 2. The molecule has 1 aromatic heterocycles. The van der Waals surface area contributed by atoms with Crippen LogP contribution in [0, 0.1) is 5.92 Å². The van der Waals surface area contributed by atoms with E-state index in [1.165, 1.54) is 11.5 Å². The number of fused-ring (bicyclic) bond motifs is 1. The molecule has 1 aromatic rings. The van der Waals surface area contributed by atoms with Crippen molar-refractivity contribution < 1.29 is 0 Å². The third kappa shape index (κ3) is 1.63.